The first kappa shape index (κ1) is 11.4. The van der Waals surface area contributed by atoms with Gasteiger partial charge in [-0.2, -0.15) is 0 Å². The second-order valence-electron chi connectivity index (χ2n) is 5.54. The topological polar surface area (TPSA) is 24.1 Å². The molecule has 3 atom stereocenters. The van der Waals surface area contributed by atoms with Crippen LogP contribution in [0, 0.1) is 0 Å². The fraction of sp³-hybridized carbons (Fsp3) is 1.00. The zero-order valence-electron chi connectivity index (χ0n) is 10.3. The van der Waals surface area contributed by atoms with Crippen molar-refractivity contribution in [3.63, 3.8) is 0 Å². The van der Waals surface area contributed by atoms with Gasteiger partial charge in [-0.05, 0) is 51.9 Å². The summed E-state index contributed by atoms with van der Waals surface area (Å²) in [5.74, 6) is 0. The van der Waals surface area contributed by atoms with Crippen LogP contribution in [0.5, 0.6) is 0 Å². The Morgan fingerprint density at radius 1 is 1.13 bits per heavy atom. The molecule has 2 heteroatoms. The van der Waals surface area contributed by atoms with E-state index in [2.05, 4.69) is 24.5 Å². The van der Waals surface area contributed by atoms with Crippen molar-refractivity contribution in [2.75, 3.05) is 0 Å². The van der Waals surface area contributed by atoms with E-state index in [0.29, 0.717) is 11.7 Å². The van der Waals surface area contributed by atoms with E-state index in [4.69, 9.17) is 0 Å². The third-order valence-corrected chi connectivity index (χ3v) is 4.04. The molecule has 88 valence electrons. The van der Waals surface area contributed by atoms with Gasteiger partial charge in [0.15, 0.2) is 0 Å². The van der Waals surface area contributed by atoms with Gasteiger partial charge in [-0.15, -0.1) is 0 Å². The van der Waals surface area contributed by atoms with Crippen LogP contribution in [0.25, 0.3) is 0 Å². The molecule has 0 aliphatic carbocycles. The van der Waals surface area contributed by atoms with Crippen LogP contribution in [-0.2, 0) is 0 Å². The number of hydrogen-bond donors (Lipinski definition) is 2. The highest BCUT2D eigenvalue weighted by Crippen LogP contribution is 2.30. The van der Waals surface area contributed by atoms with Crippen LogP contribution in [0.1, 0.15) is 65.2 Å². The summed E-state index contributed by atoms with van der Waals surface area (Å²) in [5.41, 5.74) is 0.301. The Hall–Kier alpha value is -0.0800. The summed E-state index contributed by atoms with van der Waals surface area (Å²) in [7, 11) is 0. The van der Waals surface area contributed by atoms with Crippen molar-refractivity contribution in [3.8, 4) is 0 Å². The number of hydrogen-bond acceptors (Lipinski definition) is 2. The van der Waals surface area contributed by atoms with Crippen LogP contribution in [0.4, 0.5) is 0 Å². The van der Waals surface area contributed by atoms with Gasteiger partial charge in [-0.25, -0.2) is 0 Å². The first-order chi connectivity index (χ1) is 7.24. The molecule has 0 aromatic heterocycles. The Bertz CT molecular complexity index is 199. The molecule has 2 nitrogen and oxygen atoms in total. The lowest BCUT2D eigenvalue weighted by Crippen LogP contribution is -2.65. The average Bonchev–Trinajstić information content (AvgIpc) is 2.17. The lowest BCUT2D eigenvalue weighted by atomic mass is 9.84. The summed E-state index contributed by atoms with van der Waals surface area (Å²) in [4.78, 5) is 0. The smallest absolute Gasteiger partial charge is 0.0691 e. The zero-order chi connectivity index (χ0) is 10.7. The predicted octanol–water partition coefficient (Wildman–Crippen LogP) is 2.79. The van der Waals surface area contributed by atoms with Crippen LogP contribution in [0.3, 0.4) is 0 Å². The summed E-state index contributed by atoms with van der Waals surface area (Å²) in [5, 5.41) is 7.70. The molecule has 2 saturated heterocycles. The first-order valence-electron chi connectivity index (χ1n) is 6.79. The molecule has 0 aromatic rings. The van der Waals surface area contributed by atoms with Crippen LogP contribution in [-0.4, -0.2) is 17.7 Å². The Kier molecular flexibility index (Phi) is 3.68. The lowest BCUT2D eigenvalue weighted by Gasteiger charge is -2.47. The van der Waals surface area contributed by atoms with Gasteiger partial charge in [0.05, 0.1) is 5.66 Å². The molecule has 0 saturated carbocycles. The van der Waals surface area contributed by atoms with Gasteiger partial charge < -0.3 is 0 Å². The molecule has 2 aliphatic heterocycles. The number of piperidine rings is 2. The monoisotopic (exact) mass is 210 g/mol. The van der Waals surface area contributed by atoms with Crippen LogP contribution < -0.4 is 10.6 Å². The fourth-order valence-corrected chi connectivity index (χ4v) is 3.39. The molecule has 15 heavy (non-hydrogen) atoms. The van der Waals surface area contributed by atoms with E-state index >= 15 is 0 Å². The van der Waals surface area contributed by atoms with Crippen molar-refractivity contribution in [2.24, 2.45) is 0 Å². The zero-order valence-corrected chi connectivity index (χ0v) is 10.3. The standard InChI is InChI=1S/C13H26N2/c1-3-6-12-8-5-10-13(15-12)9-4-7-11(2)14-13/h11-12,14-15H,3-10H2,1-2H3/t11-,12-,13+/m0/s1. The maximum absolute atomic E-state index is 3.89. The third kappa shape index (κ3) is 2.73. The highest BCUT2D eigenvalue weighted by atomic mass is 15.2. The lowest BCUT2D eigenvalue weighted by molar-refractivity contribution is 0.102. The third-order valence-electron chi connectivity index (χ3n) is 4.04. The summed E-state index contributed by atoms with van der Waals surface area (Å²) in [6, 6.07) is 1.47. The largest absolute Gasteiger partial charge is 0.297 e. The minimum absolute atomic E-state index is 0.301. The van der Waals surface area contributed by atoms with E-state index in [1.54, 1.807) is 0 Å². The molecule has 2 rings (SSSR count). The second kappa shape index (κ2) is 4.84. The van der Waals surface area contributed by atoms with Gasteiger partial charge in [0, 0.05) is 12.1 Å². The number of rotatable bonds is 2. The van der Waals surface area contributed by atoms with Gasteiger partial charge in [0.1, 0.15) is 0 Å². The van der Waals surface area contributed by atoms with E-state index < -0.39 is 0 Å². The molecular formula is C13H26N2. The first-order valence-corrected chi connectivity index (χ1v) is 6.79. The fourth-order valence-electron chi connectivity index (χ4n) is 3.39. The molecule has 0 unspecified atom stereocenters. The van der Waals surface area contributed by atoms with E-state index in [-0.39, 0.29) is 0 Å². The Morgan fingerprint density at radius 2 is 1.87 bits per heavy atom. The molecule has 2 heterocycles. The molecule has 0 radical (unpaired) electrons. The van der Waals surface area contributed by atoms with Crippen LogP contribution >= 0.6 is 0 Å². The van der Waals surface area contributed by atoms with Gasteiger partial charge in [0.2, 0.25) is 0 Å². The minimum Gasteiger partial charge on any atom is -0.297 e. The van der Waals surface area contributed by atoms with E-state index in [9.17, 15) is 0 Å². The van der Waals surface area contributed by atoms with Gasteiger partial charge in [0.25, 0.3) is 0 Å². The Labute approximate surface area is 94.2 Å². The molecular weight excluding hydrogens is 184 g/mol. The summed E-state index contributed by atoms with van der Waals surface area (Å²) < 4.78 is 0. The van der Waals surface area contributed by atoms with E-state index in [1.165, 1.54) is 51.4 Å². The molecule has 0 bridgehead atoms. The summed E-state index contributed by atoms with van der Waals surface area (Å²) in [6.45, 7) is 4.62. The van der Waals surface area contributed by atoms with Gasteiger partial charge in [-0.3, -0.25) is 10.6 Å². The molecule has 1 spiro atoms. The van der Waals surface area contributed by atoms with Gasteiger partial charge in [-0.1, -0.05) is 13.3 Å². The molecule has 0 amide bonds. The maximum atomic E-state index is 3.89. The van der Waals surface area contributed by atoms with E-state index in [1.807, 2.05) is 0 Å². The maximum Gasteiger partial charge on any atom is 0.0691 e. The molecule has 2 fully saturated rings. The molecule has 0 aromatic carbocycles. The van der Waals surface area contributed by atoms with Crippen molar-refractivity contribution >= 4 is 0 Å². The van der Waals surface area contributed by atoms with Gasteiger partial charge >= 0.3 is 0 Å². The van der Waals surface area contributed by atoms with Crippen molar-refractivity contribution in [2.45, 2.75) is 83.0 Å². The normalized spacial score (nSPS) is 42.0. The van der Waals surface area contributed by atoms with E-state index in [0.717, 1.165) is 6.04 Å². The Morgan fingerprint density at radius 3 is 2.53 bits per heavy atom. The van der Waals surface area contributed by atoms with Crippen molar-refractivity contribution in [1.29, 1.82) is 0 Å². The second-order valence-corrected chi connectivity index (χ2v) is 5.54. The average molecular weight is 210 g/mol. The quantitative estimate of drug-likeness (QED) is 0.732. The SMILES string of the molecule is CCC[C@H]1CCC[C@@]2(CCC[C@H](C)N2)N1. The minimum atomic E-state index is 0.301. The van der Waals surface area contributed by atoms with Crippen LogP contribution in [0.2, 0.25) is 0 Å². The predicted molar refractivity (Wildman–Crippen MR) is 64.9 cm³/mol. The Balaban J connectivity index is 1.94. The number of nitrogens with one attached hydrogen (secondary N) is 2. The van der Waals surface area contributed by atoms with Crippen molar-refractivity contribution in [1.82, 2.24) is 10.6 Å². The molecule has 2 N–H and O–H groups in total. The molecule has 2 aliphatic rings. The highest BCUT2D eigenvalue weighted by Gasteiger charge is 2.37. The van der Waals surface area contributed by atoms with Crippen molar-refractivity contribution < 1.29 is 0 Å². The summed E-state index contributed by atoms with van der Waals surface area (Å²) >= 11 is 0. The highest BCUT2D eigenvalue weighted by molar-refractivity contribution is 4.96. The van der Waals surface area contributed by atoms with Crippen molar-refractivity contribution in [3.05, 3.63) is 0 Å². The van der Waals surface area contributed by atoms with Crippen LogP contribution in [0.15, 0.2) is 0 Å². The summed E-state index contributed by atoms with van der Waals surface area (Å²) in [6.07, 6.45) is 10.8.